The molecule has 2 aromatic rings. The molecule has 22 heavy (non-hydrogen) atoms. The Hall–Kier alpha value is -2.69. The van der Waals surface area contributed by atoms with Crippen LogP contribution in [0.25, 0.3) is 0 Å². The van der Waals surface area contributed by atoms with Gasteiger partial charge in [0.15, 0.2) is 0 Å². The maximum atomic E-state index is 12.6. The molecular formula is C17H15N3O2. The van der Waals surface area contributed by atoms with E-state index in [1.54, 1.807) is 36.5 Å². The van der Waals surface area contributed by atoms with E-state index in [1.165, 1.54) is 0 Å². The molecule has 1 aliphatic carbocycles. The Morgan fingerprint density at radius 3 is 2.91 bits per heavy atom. The fraction of sp³-hybridized carbons (Fsp3) is 0.235. The largest absolute Gasteiger partial charge is 0.324 e. The lowest BCUT2D eigenvalue weighted by atomic mass is 9.94. The monoisotopic (exact) mass is 293 g/mol. The highest BCUT2D eigenvalue weighted by atomic mass is 16.2. The highest BCUT2D eigenvalue weighted by Gasteiger charge is 2.69. The first-order valence-electron chi connectivity index (χ1n) is 7.23. The van der Waals surface area contributed by atoms with Gasteiger partial charge in [-0.25, -0.2) is 0 Å². The van der Waals surface area contributed by atoms with Gasteiger partial charge in [-0.05, 0) is 30.2 Å². The molecule has 0 radical (unpaired) electrons. The van der Waals surface area contributed by atoms with E-state index < -0.39 is 5.41 Å². The first-order chi connectivity index (χ1) is 10.6. The summed E-state index contributed by atoms with van der Waals surface area (Å²) in [6.45, 7) is 0. The van der Waals surface area contributed by atoms with Crippen LogP contribution in [0, 0.1) is 5.92 Å². The zero-order chi connectivity index (χ0) is 15.3. The Morgan fingerprint density at radius 2 is 2.14 bits per heavy atom. The van der Waals surface area contributed by atoms with Crippen LogP contribution < -0.4 is 10.2 Å². The zero-order valence-corrected chi connectivity index (χ0v) is 12.1. The Bertz CT molecular complexity index is 774. The molecule has 2 aliphatic rings. The summed E-state index contributed by atoms with van der Waals surface area (Å²) in [5.74, 6) is -0.419. The summed E-state index contributed by atoms with van der Waals surface area (Å²) in [6, 6.07) is 11.3. The minimum atomic E-state index is -0.669. The second-order valence-corrected chi connectivity index (χ2v) is 5.84. The second-order valence-electron chi connectivity index (χ2n) is 5.84. The molecule has 1 saturated carbocycles. The Kier molecular flexibility index (Phi) is 2.60. The van der Waals surface area contributed by atoms with Gasteiger partial charge < -0.3 is 10.2 Å². The number of carbonyl (C=O) groups excluding carboxylic acids is 2. The highest BCUT2D eigenvalue weighted by Crippen LogP contribution is 2.61. The van der Waals surface area contributed by atoms with Gasteiger partial charge in [0.05, 0.1) is 23.2 Å². The van der Waals surface area contributed by atoms with Crippen LogP contribution in [-0.4, -0.2) is 23.8 Å². The molecule has 2 heterocycles. The lowest BCUT2D eigenvalue weighted by molar-refractivity contribution is -0.123. The number of hydrogen-bond acceptors (Lipinski definition) is 3. The molecule has 5 heteroatoms. The van der Waals surface area contributed by atoms with Crippen LogP contribution in [0.3, 0.4) is 0 Å². The number of aromatic nitrogens is 1. The van der Waals surface area contributed by atoms with Gasteiger partial charge in [-0.1, -0.05) is 18.2 Å². The Labute approximate surface area is 128 Å². The molecule has 1 aromatic heterocycles. The average molecular weight is 293 g/mol. The van der Waals surface area contributed by atoms with Gasteiger partial charge in [-0.2, -0.15) is 0 Å². The number of benzene rings is 1. The molecule has 1 aliphatic heterocycles. The van der Waals surface area contributed by atoms with E-state index in [9.17, 15) is 9.59 Å². The van der Waals surface area contributed by atoms with Crippen molar-refractivity contribution in [3.05, 3.63) is 54.4 Å². The lowest BCUT2D eigenvalue weighted by Crippen LogP contribution is -2.32. The number of fused-ring (bicyclic) bond motifs is 2. The number of nitrogens with one attached hydrogen (secondary N) is 1. The Morgan fingerprint density at radius 1 is 1.32 bits per heavy atom. The lowest BCUT2D eigenvalue weighted by Gasteiger charge is -2.11. The summed E-state index contributed by atoms with van der Waals surface area (Å²) < 4.78 is 0. The van der Waals surface area contributed by atoms with E-state index >= 15 is 0 Å². The molecule has 1 fully saturated rings. The third-order valence-electron chi connectivity index (χ3n) is 4.64. The van der Waals surface area contributed by atoms with Gasteiger partial charge in [0, 0.05) is 18.9 Å². The molecule has 2 atom stereocenters. The molecule has 110 valence electrons. The van der Waals surface area contributed by atoms with Crippen molar-refractivity contribution in [2.24, 2.45) is 5.92 Å². The molecule has 1 N–H and O–H groups in total. The highest BCUT2D eigenvalue weighted by molar-refractivity contribution is 6.15. The van der Waals surface area contributed by atoms with E-state index in [2.05, 4.69) is 10.3 Å². The van der Waals surface area contributed by atoms with E-state index in [1.807, 2.05) is 24.3 Å². The Balaban J connectivity index is 1.63. The number of nitrogens with zero attached hydrogens (tertiary/aromatic N) is 2. The van der Waals surface area contributed by atoms with E-state index in [0.717, 1.165) is 11.3 Å². The summed E-state index contributed by atoms with van der Waals surface area (Å²) >= 11 is 0. The van der Waals surface area contributed by atoms with Gasteiger partial charge in [-0.3, -0.25) is 14.6 Å². The second kappa shape index (κ2) is 4.40. The first kappa shape index (κ1) is 13.0. The third-order valence-corrected chi connectivity index (χ3v) is 4.64. The summed E-state index contributed by atoms with van der Waals surface area (Å²) in [6.07, 6.45) is 3.82. The summed E-state index contributed by atoms with van der Waals surface area (Å²) in [5, 5.41) is 2.85. The molecule has 4 rings (SSSR count). The van der Waals surface area contributed by atoms with Gasteiger partial charge in [0.2, 0.25) is 11.8 Å². The van der Waals surface area contributed by atoms with Crippen molar-refractivity contribution in [1.82, 2.24) is 4.98 Å². The predicted molar refractivity (Wildman–Crippen MR) is 82.5 cm³/mol. The first-order valence-corrected chi connectivity index (χ1v) is 7.23. The number of likely N-dealkylation sites (N-methyl/N-ethyl adjacent to an activating group) is 1. The number of para-hydroxylation sites is 1. The maximum Gasteiger partial charge on any atom is 0.238 e. The number of amides is 2. The van der Waals surface area contributed by atoms with Crippen molar-refractivity contribution in [3.63, 3.8) is 0 Å². The van der Waals surface area contributed by atoms with Crippen molar-refractivity contribution in [3.8, 4) is 0 Å². The molecule has 1 aromatic carbocycles. The van der Waals surface area contributed by atoms with Crippen LogP contribution in [0.15, 0.2) is 48.8 Å². The minimum Gasteiger partial charge on any atom is -0.324 e. The standard InChI is InChI=1S/C17H15N3O2/c1-20-14-7-3-2-6-12(14)17(16(20)22)9-13(17)15(21)19-11-5-4-8-18-10-11/h2-8,10,13H,9H2,1H3,(H,19,21)/t13-,17+/m1/s1. The maximum absolute atomic E-state index is 12.6. The van der Waals surface area contributed by atoms with Crippen molar-refractivity contribution in [2.45, 2.75) is 11.8 Å². The average Bonchev–Trinajstić information content (AvgIpc) is 3.27. The SMILES string of the molecule is CN1C(=O)[C@@]2(C[C@@H]2C(=O)Nc2cccnc2)c2ccccc21. The van der Waals surface area contributed by atoms with Crippen molar-refractivity contribution in [1.29, 1.82) is 0 Å². The quantitative estimate of drug-likeness (QED) is 0.920. The molecule has 5 nitrogen and oxygen atoms in total. The van der Waals surface area contributed by atoms with Crippen LogP contribution in [0.5, 0.6) is 0 Å². The zero-order valence-electron chi connectivity index (χ0n) is 12.1. The van der Waals surface area contributed by atoms with Crippen molar-refractivity contribution in [2.75, 3.05) is 17.3 Å². The summed E-state index contributed by atoms with van der Waals surface area (Å²) in [4.78, 5) is 30.8. The van der Waals surface area contributed by atoms with Crippen molar-refractivity contribution >= 4 is 23.2 Å². The summed E-state index contributed by atoms with van der Waals surface area (Å²) in [5.41, 5.74) is 1.86. The van der Waals surface area contributed by atoms with Crippen LogP contribution in [-0.2, 0) is 15.0 Å². The minimum absolute atomic E-state index is 0.0139. The van der Waals surface area contributed by atoms with Crippen LogP contribution in [0.2, 0.25) is 0 Å². The van der Waals surface area contributed by atoms with Gasteiger partial charge in [0.25, 0.3) is 0 Å². The number of rotatable bonds is 2. The van der Waals surface area contributed by atoms with Crippen LogP contribution >= 0.6 is 0 Å². The number of hydrogen-bond donors (Lipinski definition) is 1. The van der Waals surface area contributed by atoms with Crippen molar-refractivity contribution < 1.29 is 9.59 Å². The molecule has 0 bridgehead atoms. The van der Waals surface area contributed by atoms with Gasteiger partial charge >= 0.3 is 0 Å². The topological polar surface area (TPSA) is 62.3 Å². The van der Waals surface area contributed by atoms with Crippen LogP contribution in [0.1, 0.15) is 12.0 Å². The molecule has 0 unspecified atom stereocenters. The predicted octanol–water partition coefficient (Wildman–Crippen LogP) is 1.95. The van der Waals surface area contributed by atoms with Crippen LogP contribution in [0.4, 0.5) is 11.4 Å². The van der Waals surface area contributed by atoms with Gasteiger partial charge in [0.1, 0.15) is 0 Å². The van der Waals surface area contributed by atoms with E-state index in [0.29, 0.717) is 12.1 Å². The number of anilines is 2. The smallest absolute Gasteiger partial charge is 0.238 e. The molecule has 1 spiro atoms. The number of carbonyl (C=O) groups is 2. The molecule has 0 saturated heterocycles. The third kappa shape index (κ3) is 1.62. The fourth-order valence-electron chi connectivity index (χ4n) is 3.45. The fourth-order valence-corrected chi connectivity index (χ4v) is 3.45. The molecule has 2 amide bonds. The number of pyridine rings is 1. The van der Waals surface area contributed by atoms with E-state index in [4.69, 9.17) is 0 Å². The normalized spacial score (nSPS) is 25.2. The van der Waals surface area contributed by atoms with Gasteiger partial charge in [-0.15, -0.1) is 0 Å². The molecular weight excluding hydrogens is 278 g/mol. The van der Waals surface area contributed by atoms with E-state index in [-0.39, 0.29) is 17.7 Å². The summed E-state index contributed by atoms with van der Waals surface area (Å²) in [7, 11) is 1.77.